The first-order chi connectivity index (χ1) is 31.5. The van der Waals surface area contributed by atoms with Gasteiger partial charge in [-0.05, 0) is 70.6 Å². The Bertz CT molecular complexity index is 1120. The summed E-state index contributed by atoms with van der Waals surface area (Å²) < 4.78 is 16.8. The molecule has 1 unspecified atom stereocenters. The van der Waals surface area contributed by atoms with E-state index in [0.29, 0.717) is 19.3 Å². The topological polar surface area (TPSA) is 78.9 Å². The van der Waals surface area contributed by atoms with Gasteiger partial charge in [0.2, 0.25) is 0 Å². The predicted molar refractivity (Wildman–Crippen MR) is 275 cm³/mol. The summed E-state index contributed by atoms with van der Waals surface area (Å²) in [5.41, 5.74) is 0. The molecule has 0 amide bonds. The third-order valence-electron chi connectivity index (χ3n) is 12.1. The second-order valence-electron chi connectivity index (χ2n) is 18.5. The van der Waals surface area contributed by atoms with Gasteiger partial charge in [-0.15, -0.1) is 0 Å². The lowest BCUT2D eigenvalue weighted by Gasteiger charge is -2.18. The van der Waals surface area contributed by atoms with E-state index in [-0.39, 0.29) is 37.5 Å². The molecule has 64 heavy (non-hydrogen) atoms. The summed E-state index contributed by atoms with van der Waals surface area (Å²) in [4.78, 5) is 38.0. The smallest absolute Gasteiger partial charge is 0.306 e. The van der Waals surface area contributed by atoms with E-state index in [9.17, 15) is 14.4 Å². The Balaban J connectivity index is 4.36. The van der Waals surface area contributed by atoms with Crippen LogP contribution >= 0.6 is 0 Å². The van der Waals surface area contributed by atoms with E-state index in [4.69, 9.17) is 14.2 Å². The molecule has 0 fully saturated rings. The van der Waals surface area contributed by atoms with E-state index < -0.39 is 6.10 Å². The molecule has 0 rings (SSSR count). The molecule has 0 aromatic carbocycles. The molecule has 0 bridgehead atoms. The summed E-state index contributed by atoms with van der Waals surface area (Å²) in [5, 5.41) is 0. The van der Waals surface area contributed by atoms with Crippen LogP contribution in [0.4, 0.5) is 0 Å². The van der Waals surface area contributed by atoms with Crippen LogP contribution in [0.2, 0.25) is 0 Å². The summed E-state index contributed by atoms with van der Waals surface area (Å²) >= 11 is 0. The predicted octanol–water partition coefficient (Wildman–Crippen LogP) is 18.3. The first kappa shape index (κ1) is 61.4. The summed E-state index contributed by atoms with van der Waals surface area (Å²) in [6.45, 7) is 6.56. The third kappa shape index (κ3) is 50.4. The highest BCUT2D eigenvalue weighted by Crippen LogP contribution is 2.16. The van der Waals surface area contributed by atoms with Crippen LogP contribution in [0, 0.1) is 0 Å². The molecule has 0 saturated carbocycles. The van der Waals surface area contributed by atoms with Crippen LogP contribution in [0.15, 0.2) is 48.6 Å². The van der Waals surface area contributed by atoms with Crippen molar-refractivity contribution >= 4 is 17.9 Å². The summed E-state index contributed by atoms with van der Waals surface area (Å²) in [6.07, 6.45) is 64.0. The lowest BCUT2D eigenvalue weighted by atomic mass is 10.0. The number of esters is 3. The SMILES string of the molecule is CCCC/C=C\CCCCCCC(=O)OCC(COC(=O)CCCCCCCCCCCCCCCCCCCCC)OC(=O)CCC/C=C\C/C=C\C/C=C\CCCCCCCC. The minimum absolute atomic E-state index is 0.0940. The zero-order valence-corrected chi connectivity index (χ0v) is 42.6. The van der Waals surface area contributed by atoms with E-state index in [2.05, 4.69) is 69.4 Å². The summed E-state index contributed by atoms with van der Waals surface area (Å²) in [5.74, 6) is -0.951. The minimum atomic E-state index is -0.800. The quantitative estimate of drug-likeness (QED) is 0.0262. The Hall–Kier alpha value is -2.63. The lowest BCUT2D eigenvalue weighted by molar-refractivity contribution is -0.167. The van der Waals surface area contributed by atoms with Crippen LogP contribution < -0.4 is 0 Å². The number of carbonyl (C=O) groups is 3. The maximum absolute atomic E-state index is 12.8. The fraction of sp³-hybridized carbons (Fsp3) is 0.810. The van der Waals surface area contributed by atoms with Gasteiger partial charge in [0.05, 0.1) is 0 Å². The van der Waals surface area contributed by atoms with Gasteiger partial charge in [0, 0.05) is 19.3 Å². The zero-order chi connectivity index (χ0) is 46.5. The van der Waals surface area contributed by atoms with Gasteiger partial charge in [-0.1, -0.05) is 243 Å². The Morgan fingerprint density at radius 1 is 0.312 bits per heavy atom. The molecule has 0 spiro atoms. The summed E-state index contributed by atoms with van der Waals surface area (Å²) in [7, 11) is 0. The number of carbonyl (C=O) groups excluding carboxylic acids is 3. The molecule has 0 saturated heterocycles. The molecule has 6 nitrogen and oxygen atoms in total. The number of allylic oxidation sites excluding steroid dienone is 8. The second-order valence-corrected chi connectivity index (χ2v) is 18.5. The largest absolute Gasteiger partial charge is 0.462 e. The van der Waals surface area contributed by atoms with E-state index in [1.165, 1.54) is 161 Å². The van der Waals surface area contributed by atoms with Crippen LogP contribution in [0.25, 0.3) is 0 Å². The average molecular weight is 897 g/mol. The molecule has 0 aliphatic rings. The van der Waals surface area contributed by atoms with Gasteiger partial charge >= 0.3 is 17.9 Å². The van der Waals surface area contributed by atoms with Crippen LogP contribution in [0.1, 0.15) is 284 Å². The second kappa shape index (κ2) is 53.0. The first-order valence-electron chi connectivity index (χ1n) is 27.6. The van der Waals surface area contributed by atoms with Gasteiger partial charge in [0.25, 0.3) is 0 Å². The average Bonchev–Trinajstić information content (AvgIpc) is 3.29. The standard InChI is InChI=1S/C58H104O6/c1-4-7-10-13-16-19-22-24-26-28-29-31-32-34-36-39-42-45-48-51-57(60)63-54-55(53-62-56(59)50-47-44-41-38-21-18-15-12-9-6-3)64-58(61)52-49-46-43-40-37-35-33-30-27-25-23-20-17-14-11-8-5-2/h15,18,25,27,33,35,40,43,55H,4-14,16-17,19-24,26,28-32,34,36-39,41-42,44-54H2,1-3H3/b18-15-,27-25-,35-33-,43-40-. The fourth-order valence-electron chi connectivity index (χ4n) is 7.85. The Morgan fingerprint density at radius 2 is 0.594 bits per heavy atom. The van der Waals surface area contributed by atoms with Crippen LogP contribution in [0.3, 0.4) is 0 Å². The molecule has 0 aromatic heterocycles. The van der Waals surface area contributed by atoms with Crippen molar-refractivity contribution in [3.63, 3.8) is 0 Å². The van der Waals surface area contributed by atoms with Crippen molar-refractivity contribution in [1.29, 1.82) is 0 Å². The fourth-order valence-corrected chi connectivity index (χ4v) is 7.85. The van der Waals surface area contributed by atoms with Crippen molar-refractivity contribution in [2.75, 3.05) is 13.2 Å². The van der Waals surface area contributed by atoms with Gasteiger partial charge in [0.1, 0.15) is 13.2 Å². The van der Waals surface area contributed by atoms with E-state index >= 15 is 0 Å². The highest BCUT2D eigenvalue weighted by atomic mass is 16.6. The number of hydrogen-bond acceptors (Lipinski definition) is 6. The Labute approximate surface area is 397 Å². The molecular weight excluding hydrogens is 793 g/mol. The Kier molecular flexibility index (Phi) is 50.8. The van der Waals surface area contributed by atoms with Crippen molar-refractivity contribution in [3.8, 4) is 0 Å². The van der Waals surface area contributed by atoms with Crippen molar-refractivity contribution in [3.05, 3.63) is 48.6 Å². The summed E-state index contributed by atoms with van der Waals surface area (Å²) in [6, 6.07) is 0. The minimum Gasteiger partial charge on any atom is -0.462 e. The molecule has 6 heteroatoms. The number of unbranched alkanes of at least 4 members (excludes halogenated alkanes) is 31. The van der Waals surface area contributed by atoms with Crippen LogP contribution in [-0.2, 0) is 28.6 Å². The molecule has 0 aromatic rings. The van der Waals surface area contributed by atoms with Gasteiger partial charge in [-0.2, -0.15) is 0 Å². The highest BCUT2D eigenvalue weighted by molar-refractivity contribution is 5.71. The van der Waals surface area contributed by atoms with Gasteiger partial charge in [-0.25, -0.2) is 0 Å². The number of rotatable bonds is 50. The van der Waals surface area contributed by atoms with Gasteiger partial charge in [-0.3, -0.25) is 14.4 Å². The molecule has 1 atom stereocenters. The number of hydrogen-bond donors (Lipinski definition) is 0. The van der Waals surface area contributed by atoms with E-state index in [0.717, 1.165) is 77.0 Å². The normalized spacial score (nSPS) is 12.4. The first-order valence-corrected chi connectivity index (χ1v) is 27.6. The van der Waals surface area contributed by atoms with Crippen LogP contribution in [-0.4, -0.2) is 37.2 Å². The molecule has 0 aliphatic heterocycles. The van der Waals surface area contributed by atoms with Crippen molar-refractivity contribution < 1.29 is 28.6 Å². The van der Waals surface area contributed by atoms with E-state index in [1.807, 2.05) is 0 Å². The molecule has 0 heterocycles. The maximum Gasteiger partial charge on any atom is 0.306 e. The van der Waals surface area contributed by atoms with E-state index in [1.54, 1.807) is 0 Å². The molecule has 372 valence electrons. The number of ether oxygens (including phenoxy) is 3. The molecule has 0 radical (unpaired) electrons. The lowest BCUT2D eigenvalue weighted by Crippen LogP contribution is -2.30. The maximum atomic E-state index is 12.8. The highest BCUT2D eigenvalue weighted by Gasteiger charge is 2.19. The van der Waals surface area contributed by atoms with Gasteiger partial charge < -0.3 is 14.2 Å². The van der Waals surface area contributed by atoms with Gasteiger partial charge in [0.15, 0.2) is 6.10 Å². The van der Waals surface area contributed by atoms with Crippen molar-refractivity contribution in [1.82, 2.24) is 0 Å². The molecular formula is C58H104O6. The third-order valence-corrected chi connectivity index (χ3v) is 12.1. The monoisotopic (exact) mass is 897 g/mol. The Morgan fingerprint density at radius 3 is 0.984 bits per heavy atom. The zero-order valence-electron chi connectivity index (χ0n) is 42.6. The van der Waals surface area contributed by atoms with Crippen molar-refractivity contribution in [2.45, 2.75) is 290 Å². The van der Waals surface area contributed by atoms with Crippen molar-refractivity contribution in [2.24, 2.45) is 0 Å². The molecule has 0 N–H and O–H groups in total. The molecule has 0 aliphatic carbocycles. The van der Waals surface area contributed by atoms with Crippen LogP contribution in [0.5, 0.6) is 0 Å².